The molecule has 0 spiro atoms. The SMILES string of the molecule is CCN(CC)C(=O)CN1CCN(C(=O)C2CCN(S(=O)(=O)c3ccc(C)cc3)CC2)CC1. The fourth-order valence-electron chi connectivity index (χ4n) is 4.45. The van der Waals surface area contributed by atoms with Crippen LogP contribution in [0.3, 0.4) is 0 Å². The third kappa shape index (κ3) is 5.68. The van der Waals surface area contributed by atoms with Crippen molar-refractivity contribution in [3.8, 4) is 0 Å². The van der Waals surface area contributed by atoms with Gasteiger partial charge in [0, 0.05) is 58.3 Å². The Bertz CT molecular complexity index is 883. The lowest BCUT2D eigenvalue weighted by Gasteiger charge is -2.38. The summed E-state index contributed by atoms with van der Waals surface area (Å²) in [6.07, 6.45) is 1.09. The molecular formula is C23H36N4O4S. The van der Waals surface area contributed by atoms with Crippen LogP contribution in [-0.2, 0) is 19.6 Å². The van der Waals surface area contributed by atoms with Crippen molar-refractivity contribution in [2.24, 2.45) is 5.92 Å². The summed E-state index contributed by atoms with van der Waals surface area (Å²) in [5.74, 6) is 0.118. The summed E-state index contributed by atoms with van der Waals surface area (Å²) >= 11 is 0. The molecule has 2 aliphatic rings. The van der Waals surface area contributed by atoms with Crippen LogP contribution in [-0.4, -0.2) is 98.1 Å². The molecule has 1 aromatic rings. The van der Waals surface area contributed by atoms with Crippen molar-refractivity contribution >= 4 is 21.8 Å². The van der Waals surface area contributed by atoms with Crippen molar-refractivity contribution in [1.29, 1.82) is 0 Å². The Morgan fingerprint density at radius 2 is 1.50 bits per heavy atom. The van der Waals surface area contributed by atoms with Gasteiger partial charge in [-0.05, 0) is 45.7 Å². The van der Waals surface area contributed by atoms with Crippen LogP contribution in [0.2, 0.25) is 0 Å². The number of piperidine rings is 1. The number of aryl methyl sites for hydroxylation is 1. The molecule has 0 unspecified atom stereocenters. The molecule has 0 atom stereocenters. The Labute approximate surface area is 192 Å². The number of piperazine rings is 1. The number of rotatable bonds is 7. The van der Waals surface area contributed by atoms with Crippen molar-refractivity contribution in [1.82, 2.24) is 19.0 Å². The van der Waals surface area contributed by atoms with Gasteiger partial charge in [0.2, 0.25) is 21.8 Å². The van der Waals surface area contributed by atoms with Crippen LogP contribution < -0.4 is 0 Å². The van der Waals surface area contributed by atoms with E-state index >= 15 is 0 Å². The summed E-state index contributed by atoms with van der Waals surface area (Å²) in [5.41, 5.74) is 1.02. The average molecular weight is 465 g/mol. The molecule has 3 rings (SSSR count). The number of sulfonamides is 1. The molecule has 2 heterocycles. The van der Waals surface area contributed by atoms with Crippen molar-refractivity contribution in [2.45, 2.75) is 38.5 Å². The molecule has 0 aromatic heterocycles. The molecule has 0 aliphatic carbocycles. The molecule has 8 nitrogen and oxygen atoms in total. The zero-order valence-corrected chi connectivity index (χ0v) is 20.3. The van der Waals surface area contributed by atoms with Gasteiger partial charge in [0.1, 0.15) is 0 Å². The third-order valence-corrected chi connectivity index (χ3v) is 8.53. The molecular weight excluding hydrogens is 428 g/mol. The first-order valence-corrected chi connectivity index (χ1v) is 13.1. The van der Waals surface area contributed by atoms with E-state index in [4.69, 9.17) is 0 Å². The van der Waals surface area contributed by atoms with Crippen LogP contribution >= 0.6 is 0 Å². The zero-order chi connectivity index (χ0) is 23.3. The van der Waals surface area contributed by atoms with Gasteiger partial charge in [-0.3, -0.25) is 14.5 Å². The van der Waals surface area contributed by atoms with Gasteiger partial charge in [-0.1, -0.05) is 17.7 Å². The smallest absolute Gasteiger partial charge is 0.243 e. The van der Waals surface area contributed by atoms with E-state index in [9.17, 15) is 18.0 Å². The summed E-state index contributed by atoms with van der Waals surface area (Å²) in [7, 11) is -3.52. The molecule has 2 saturated heterocycles. The maximum absolute atomic E-state index is 13.0. The molecule has 0 radical (unpaired) electrons. The van der Waals surface area contributed by atoms with Crippen LogP contribution in [0.5, 0.6) is 0 Å². The van der Waals surface area contributed by atoms with E-state index in [1.165, 1.54) is 4.31 Å². The lowest BCUT2D eigenvalue weighted by molar-refractivity contribution is -0.139. The number of hydrogen-bond acceptors (Lipinski definition) is 5. The Hall–Kier alpha value is -1.97. The van der Waals surface area contributed by atoms with E-state index in [2.05, 4.69) is 4.90 Å². The summed E-state index contributed by atoms with van der Waals surface area (Å²) in [6.45, 7) is 11.1. The van der Waals surface area contributed by atoms with E-state index in [0.717, 1.165) is 5.56 Å². The van der Waals surface area contributed by atoms with Crippen molar-refractivity contribution < 1.29 is 18.0 Å². The summed E-state index contributed by atoms with van der Waals surface area (Å²) in [4.78, 5) is 31.5. The van der Waals surface area contributed by atoms with Crippen LogP contribution in [0, 0.1) is 12.8 Å². The third-order valence-electron chi connectivity index (χ3n) is 6.62. The number of carbonyl (C=O) groups excluding carboxylic acids is 2. The number of nitrogens with zero attached hydrogens (tertiary/aromatic N) is 4. The second-order valence-corrected chi connectivity index (χ2v) is 10.6. The molecule has 1 aromatic carbocycles. The highest BCUT2D eigenvalue weighted by molar-refractivity contribution is 7.89. The van der Waals surface area contributed by atoms with Gasteiger partial charge < -0.3 is 9.80 Å². The Morgan fingerprint density at radius 3 is 2.03 bits per heavy atom. The van der Waals surface area contributed by atoms with Gasteiger partial charge in [-0.15, -0.1) is 0 Å². The largest absolute Gasteiger partial charge is 0.342 e. The fraction of sp³-hybridized carbons (Fsp3) is 0.652. The van der Waals surface area contributed by atoms with E-state index in [1.54, 1.807) is 24.3 Å². The topological polar surface area (TPSA) is 81.2 Å². The minimum Gasteiger partial charge on any atom is -0.342 e. The minimum absolute atomic E-state index is 0.118. The maximum atomic E-state index is 13.0. The van der Waals surface area contributed by atoms with Crippen LogP contribution in [0.4, 0.5) is 0 Å². The average Bonchev–Trinajstić information content (AvgIpc) is 2.80. The van der Waals surface area contributed by atoms with Crippen LogP contribution in [0.15, 0.2) is 29.2 Å². The molecule has 9 heteroatoms. The predicted octanol–water partition coefficient (Wildman–Crippen LogP) is 1.41. The first-order chi connectivity index (χ1) is 15.3. The van der Waals surface area contributed by atoms with E-state index in [-0.39, 0.29) is 17.7 Å². The zero-order valence-electron chi connectivity index (χ0n) is 19.5. The molecule has 2 amide bonds. The van der Waals surface area contributed by atoms with Gasteiger partial charge in [0.25, 0.3) is 0 Å². The highest BCUT2D eigenvalue weighted by atomic mass is 32.2. The highest BCUT2D eigenvalue weighted by Crippen LogP contribution is 2.25. The second-order valence-electron chi connectivity index (χ2n) is 8.66. The maximum Gasteiger partial charge on any atom is 0.243 e. The summed E-state index contributed by atoms with van der Waals surface area (Å²) in [6, 6.07) is 6.90. The Morgan fingerprint density at radius 1 is 0.938 bits per heavy atom. The van der Waals surface area contributed by atoms with Crippen LogP contribution in [0.1, 0.15) is 32.3 Å². The Balaban J connectivity index is 1.48. The summed E-state index contributed by atoms with van der Waals surface area (Å²) in [5, 5.41) is 0. The van der Waals surface area contributed by atoms with Crippen molar-refractivity contribution in [3.05, 3.63) is 29.8 Å². The molecule has 32 heavy (non-hydrogen) atoms. The molecule has 2 fully saturated rings. The first kappa shape index (κ1) is 24.7. The Kier molecular flexibility index (Phi) is 8.30. The van der Waals surface area contributed by atoms with E-state index in [0.29, 0.717) is 76.6 Å². The van der Waals surface area contributed by atoms with Crippen molar-refractivity contribution in [3.63, 3.8) is 0 Å². The highest BCUT2D eigenvalue weighted by Gasteiger charge is 2.34. The number of carbonyl (C=O) groups is 2. The van der Waals surface area contributed by atoms with Gasteiger partial charge in [-0.2, -0.15) is 4.31 Å². The van der Waals surface area contributed by atoms with Gasteiger partial charge in [0.05, 0.1) is 11.4 Å². The molecule has 178 valence electrons. The molecule has 0 bridgehead atoms. The minimum atomic E-state index is -3.52. The lowest BCUT2D eigenvalue weighted by atomic mass is 9.96. The monoisotopic (exact) mass is 464 g/mol. The van der Waals surface area contributed by atoms with Gasteiger partial charge in [0.15, 0.2) is 0 Å². The van der Waals surface area contributed by atoms with Gasteiger partial charge >= 0.3 is 0 Å². The number of likely N-dealkylation sites (N-methyl/N-ethyl adjacent to an activating group) is 1. The van der Waals surface area contributed by atoms with E-state index in [1.807, 2.05) is 30.6 Å². The first-order valence-electron chi connectivity index (χ1n) is 11.6. The summed E-state index contributed by atoms with van der Waals surface area (Å²) < 4.78 is 27.3. The van der Waals surface area contributed by atoms with Gasteiger partial charge in [-0.25, -0.2) is 8.42 Å². The lowest BCUT2D eigenvalue weighted by Crippen LogP contribution is -2.53. The normalized spacial score (nSPS) is 19.2. The number of benzene rings is 1. The standard InChI is InChI=1S/C23H36N4O4S/c1-4-25(5-2)22(28)18-24-14-16-26(17-15-24)23(29)20-10-12-27(13-11-20)32(30,31)21-8-6-19(3)7-9-21/h6-9,20H,4-5,10-18H2,1-3H3. The van der Waals surface area contributed by atoms with E-state index < -0.39 is 10.0 Å². The van der Waals surface area contributed by atoms with Crippen LogP contribution in [0.25, 0.3) is 0 Å². The molecule has 0 N–H and O–H groups in total. The second kappa shape index (κ2) is 10.8. The quantitative estimate of drug-likeness (QED) is 0.610. The number of hydrogen-bond donors (Lipinski definition) is 0. The fourth-order valence-corrected chi connectivity index (χ4v) is 5.92. The molecule has 2 aliphatic heterocycles. The molecule has 0 saturated carbocycles. The van der Waals surface area contributed by atoms with Crippen molar-refractivity contribution in [2.75, 3.05) is 58.9 Å². The predicted molar refractivity (Wildman–Crippen MR) is 124 cm³/mol. The number of amides is 2.